The molecule has 3 aromatic carbocycles. The molecular formula is C25H25ClN4O5S. The fourth-order valence-corrected chi connectivity index (χ4v) is 4.80. The molecule has 0 aliphatic heterocycles. The molecule has 0 fully saturated rings. The van der Waals surface area contributed by atoms with Gasteiger partial charge in [-0.3, -0.25) is 13.9 Å². The van der Waals surface area contributed by atoms with E-state index in [0.29, 0.717) is 21.9 Å². The van der Waals surface area contributed by atoms with Gasteiger partial charge in [0.1, 0.15) is 12.3 Å². The normalized spacial score (nSPS) is 11.3. The van der Waals surface area contributed by atoms with E-state index < -0.39 is 28.4 Å². The Bertz CT molecular complexity index is 1370. The first-order chi connectivity index (χ1) is 17.1. The number of carbonyl (C=O) groups is 2. The Morgan fingerprint density at radius 1 is 1.06 bits per heavy atom. The van der Waals surface area contributed by atoms with Crippen molar-refractivity contribution in [3.63, 3.8) is 0 Å². The zero-order valence-corrected chi connectivity index (χ0v) is 21.2. The zero-order valence-electron chi connectivity index (χ0n) is 19.6. The molecule has 0 saturated carbocycles. The second kappa shape index (κ2) is 11.7. The molecule has 0 spiro atoms. The van der Waals surface area contributed by atoms with E-state index in [1.165, 1.54) is 18.3 Å². The minimum absolute atomic E-state index is 0.0439. The number of nitrogens with one attached hydrogen (secondary N) is 1. The molecule has 3 rings (SSSR count). The molecule has 3 N–H and O–H groups in total. The van der Waals surface area contributed by atoms with Crippen molar-refractivity contribution in [2.75, 3.05) is 17.5 Å². The largest absolute Gasteiger partial charge is 0.484 e. The molecular weight excluding hydrogens is 504 g/mol. The van der Waals surface area contributed by atoms with E-state index >= 15 is 0 Å². The number of sulfonamides is 1. The van der Waals surface area contributed by atoms with E-state index in [-0.39, 0.29) is 17.2 Å². The quantitative estimate of drug-likeness (QED) is 0.308. The lowest BCUT2D eigenvalue weighted by molar-refractivity contribution is -0.120. The Balaban J connectivity index is 1.78. The number of carbonyl (C=O) groups excluding carboxylic acids is 2. The highest BCUT2D eigenvalue weighted by Crippen LogP contribution is 2.30. The van der Waals surface area contributed by atoms with Gasteiger partial charge in [-0.15, -0.1) is 0 Å². The maximum atomic E-state index is 13.5. The van der Waals surface area contributed by atoms with Gasteiger partial charge in [0.2, 0.25) is 0 Å². The van der Waals surface area contributed by atoms with Gasteiger partial charge in [-0.25, -0.2) is 13.8 Å². The van der Waals surface area contributed by atoms with Crippen LogP contribution in [0.5, 0.6) is 5.75 Å². The number of amides is 2. The summed E-state index contributed by atoms with van der Waals surface area (Å²) >= 11 is 6.23. The molecule has 11 heteroatoms. The maximum absolute atomic E-state index is 13.5. The number of primary amides is 1. The first kappa shape index (κ1) is 26.7. The Morgan fingerprint density at radius 3 is 2.36 bits per heavy atom. The third kappa shape index (κ3) is 6.83. The van der Waals surface area contributed by atoms with Crippen molar-refractivity contribution >= 4 is 45.3 Å². The lowest BCUT2D eigenvalue weighted by atomic mass is 10.2. The van der Waals surface area contributed by atoms with Crippen LogP contribution >= 0.6 is 11.6 Å². The molecule has 0 unspecified atom stereocenters. The number of hydrazone groups is 1. The smallest absolute Gasteiger partial charge is 0.264 e. The lowest BCUT2D eigenvalue weighted by Gasteiger charge is -2.25. The topological polar surface area (TPSA) is 131 Å². The molecule has 0 heterocycles. The second-order valence-corrected chi connectivity index (χ2v) is 10.1. The molecule has 0 bridgehead atoms. The number of aryl methyl sites for hydroxylation is 1. The summed E-state index contributed by atoms with van der Waals surface area (Å²) in [5, 5.41) is 4.28. The predicted molar refractivity (Wildman–Crippen MR) is 139 cm³/mol. The number of rotatable bonds is 10. The van der Waals surface area contributed by atoms with E-state index in [2.05, 4.69) is 10.5 Å². The molecule has 9 nitrogen and oxygen atoms in total. The minimum atomic E-state index is -4.08. The van der Waals surface area contributed by atoms with E-state index in [1.54, 1.807) is 61.5 Å². The van der Waals surface area contributed by atoms with Crippen LogP contribution in [-0.4, -0.2) is 39.6 Å². The SMILES string of the molecule is Cc1ccc(S(=O)(=O)N(CC(=O)N/N=C/c2ccc(OCC(N)=O)cc2)c2cccc(Cl)c2C)cc1. The van der Waals surface area contributed by atoms with Gasteiger partial charge in [0.05, 0.1) is 16.8 Å². The lowest BCUT2D eigenvalue weighted by Crippen LogP contribution is -2.40. The van der Waals surface area contributed by atoms with Crippen LogP contribution in [0.15, 0.2) is 76.7 Å². The van der Waals surface area contributed by atoms with E-state index in [4.69, 9.17) is 22.1 Å². The van der Waals surface area contributed by atoms with Crippen molar-refractivity contribution in [1.82, 2.24) is 5.43 Å². The Hall–Kier alpha value is -3.89. The van der Waals surface area contributed by atoms with Gasteiger partial charge < -0.3 is 10.5 Å². The van der Waals surface area contributed by atoms with Gasteiger partial charge in [0.15, 0.2) is 6.61 Å². The van der Waals surface area contributed by atoms with Crippen molar-refractivity contribution < 1.29 is 22.7 Å². The van der Waals surface area contributed by atoms with Gasteiger partial charge in [-0.1, -0.05) is 35.4 Å². The second-order valence-electron chi connectivity index (χ2n) is 7.83. The predicted octanol–water partition coefficient (Wildman–Crippen LogP) is 3.17. The number of halogens is 1. The Labute approximate surface area is 214 Å². The number of hydrogen-bond donors (Lipinski definition) is 2. The molecule has 2 amide bonds. The maximum Gasteiger partial charge on any atom is 0.264 e. The fourth-order valence-electron chi connectivity index (χ4n) is 3.15. The Kier molecular flexibility index (Phi) is 8.68. The van der Waals surface area contributed by atoms with Crippen molar-refractivity contribution in [3.05, 3.63) is 88.4 Å². The summed E-state index contributed by atoms with van der Waals surface area (Å²) in [7, 11) is -4.08. The fraction of sp³-hybridized carbons (Fsp3) is 0.160. The van der Waals surface area contributed by atoms with Crippen LogP contribution in [0.25, 0.3) is 0 Å². The molecule has 0 aromatic heterocycles. The molecule has 0 atom stereocenters. The number of hydrogen-bond acceptors (Lipinski definition) is 6. The Morgan fingerprint density at radius 2 is 1.72 bits per heavy atom. The number of nitrogens with two attached hydrogens (primary N) is 1. The standard InChI is InChI=1S/C25H25ClN4O5S/c1-17-6-12-21(13-7-17)36(33,34)30(23-5-3-4-22(26)18(23)2)15-25(32)29-28-14-19-8-10-20(11-9-19)35-16-24(27)31/h3-14H,15-16H2,1-2H3,(H2,27,31)(H,29,32)/b28-14+. The van der Waals surface area contributed by atoms with Crippen LogP contribution < -0.4 is 20.2 Å². The molecule has 0 aliphatic rings. The summed E-state index contributed by atoms with van der Waals surface area (Å²) in [6.45, 7) is 2.77. The highest BCUT2D eigenvalue weighted by molar-refractivity contribution is 7.92. The van der Waals surface area contributed by atoms with Crippen molar-refractivity contribution in [3.8, 4) is 5.75 Å². The average molecular weight is 529 g/mol. The molecule has 188 valence electrons. The molecule has 36 heavy (non-hydrogen) atoms. The van der Waals surface area contributed by atoms with Crippen molar-refractivity contribution in [2.24, 2.45) is 10.8 Å². The molecule has 3 aromatic rings. The van der Waals surface area contributed by atoms with Gasteiger partial charge >= 0.3 is 0 Å². The highest BCUT2D eigenvalue weighted by atomic mass is 35.5. The van der Waals surface area contributed by atoms with Gasteiger partial charge in [-0.05, 0) is 73.5 Å². The molecule has 0 saturated heterocycles. The van der Waals surface area contributed by atoms with Crippen LogP contribution in [0.3, 0.4) is 0 Å². The molecule has 0 aliphatic carbocycles. The summed E-state index contributed by atoms with van der Waals surface area (Å²) in [6, 6.07) is 17.8. The monoisotopic (exact) mass is 528 g/mol. The van der Waals surface area contributed by atoms with Crippen LogP contribution in [0.4, 0.5) is 5.69 Å². The highest BCUT2D eigenvalue weighted by Gasteiger charge is 2.28. The summed E-state index contributed by atoms with van der Waals surface area (Å²) in [5.74, 6) is -0.790. The summed E-state index contributed by atoms with van der Waals surface area (Å²) in [6.07, 6.45) is 1.39. The van der Waals surface area contributed by atoms with E-state index in [0.717, 1.165) is 9.87 Å². The third-order valence-corrected chi connectivity index (χ3v) is 7.25. The average Bonchev–Trinajstić information content (AvgIpc) is 2.84. The van der Waals surface area contributed by atoms with E-state index in [1.807, 2.05) is 6.92 Å². The minimum Gasteiger partial charge on any atom is -0.484 e. The summed E-state index contributed by atoms with van der Waals surface area (Å²) in [4.78, 5) is 23.6. The van der Waals surface area contributed by atoms with Crippen LogP contribution in [-0.2, 0) is 19.6 Å². The van der Waals surface area contributed by atoms with Gasteiger partial charge in [0.25, 0.3) is 21.8 Å². The first-order valence-electron chi connectivity index (χ1n) is 10.8. The van der Waals surface area contributed by atoms with Crippen LogP contribution in [0.2, 0.25) is 5.02 Å². The van der Waals surface area contributed by atoms with Crippen LogP contribution in [0.1, 0.15) is 16.7 Å². The van der Waals surface area contributed by atoms with Gasteiger partial charge in [-0.2, -0.15) is 5.10 Å². The third-order valence-electron chi connectivity index (χ3n) is 5.07. The number of ether oxygens (including phenoxy) is 1. The number of anilines is 1. The number of benzene rings is 3. The van der Waals surface area contributed by atoms with Crippen LogP contribution in [0, 0.1) is 13.8 Å². The summed E-state index contributed by atoms with van der Waals surface area (Å²) in [5.41, 5.74) is 9.74. The van der Waals surface area contributed by atoms with Gasteiger partial charge in [0, 0.05) is 5.02 Å². The zero-order chi connectivity index (χ0) is 26.3. The van der Waals surface area contributed by atoms with Crippen molar-refractivity contribution in [2.45, 2.75) is 18.7 Å². The first-order valence-corrected chi connectivity index (χ1v) is 12.6. The number of nitrogens with zero attached hydrogens (tertiary/aromatic N) is 2. The van der Waals surface area contributed by atoms with E-state index in [9.17, 15) is 18.0 Å². The molecule has 0 radical (unpaired) electrons. The van der Waals surface area contributed by atoms with Crippen molar-refractivity contribution in [1.29, 1.82) is 0 Å². The summed E-state index contributed by atoms with van der Waals surface area (Å²) < 4.78 is 33.2.